The smallest absolute Gasteiger partial charge is 0.315 e. The molecule has 2 N–H and O–H groups in total. The first kappa shape index (κ1) is 16.2. The Morgan fingerprint density at radius 1 is 1.43 bits per heavy atom. The second-order valence-corrected chi connectivity index (χ2v) is 7.09. The molecule has 1 aromatic heterocycles. The van der Waals surface area contributed by atoms with E-state index in [0.717, 1.165) is 30.0 Å². The molecule has 2 amide bonds. The number of rotatable bonds is 5. The molecular weight excluding hydrogens is 286 g/mol. The molecule has 1 saturated carbocycles. The summed E-state index contributed by atoms with van der Waals surface area (Å²) in [6.07, 6.45) is 4.61. The minimum atomic E-state index is -0.129. The summed E-state index contributed by atoms with van der Waals surface area (Å²) in [6.45, 7) is 6.30. The Hall–Kier alpha value is -1.17. The summed E-state index contributed by atoms with van der Waals surface area (Å²) in [4.78, 5) is 16.2. The third-order valence-electron chi connectivity index (χ3n) is 3.84. The second kappa shape index (κ2) is 7.73. The number of nitrogens with one attached hydrogen (secondary N) is 2. The lowest BCUT2D eigenvalue weighted by atomic mass is 9.95. The predicted molar refractivity (Wildman–Crippen MR) is 85.5 cm³/mol. The molecule has 2 rings (SSSR count). The normalized spacial score (nSPS) is 22.0. The number of hydrogen-bond acceptors (Lipinski definition) is 4. The largest absolute Gasteiger partial charge is 0.444 e. The van der Waals surface area contributed by atoms with Crippen molar-refractivity contribution in [3.05, 3.63) is 17.3 Å². The van der Waals surface area contributed by atoms with Crippen LogP contribution in [0.15, 0.2) is 4.42 Å². The zero-order valence-corrected chi connectivity index (χ0v) is 13.9. The number of urea groups is 1. The van der Waals surface area contributed by atoms with Gasteiger partial charge in [-0.05, 0) is 38.9 Å². The minimum absolute atomic E-state index is 0.129. The molecular formula is C15H25N3O2S. The lowest BCUT2D eigenvalue weighted by molar-refractivity contribution is 0.231. The first-order chi connectivity index (χ1) is 10.1. The number of thioether (sulfide) groups is 1. The second-order valence-electron chi connectivity index (χ2n) is 5.52. The van der Waals surface area contributed by atoms with Gasteiger partial charge in [0.05, 0.1) is 12.2 Å². The highest BCUT2D eigenvalue weighted by molar-refractivity contribution is 7.99. The molecule has 0 aliphatic heterocycles. The van der Waals surface area contributed by atoms with Gasteiger partial charge in [-0.25, -0.2) is 9.78 Å². The molecule has 0 aromatic carbocycles. The van der Waals surface area contributed by atoms with Crippen LogP contribution in [0.2, 0.25) is 0 Å². The standard InChI is InChI=1S/C15H25N3O2S/c1-4-21-13-7-5-6-12(8-13)18-15(19)16-9-14-17-10(2)11(3)20-14/h12-13H,4-9H2,1-3H3,(H2,16,18,19)/t12-,13-/m0/s1. The number of hydrogen-bond donors (Lipinski definition) is 2. The van der Waals surface area contributed by atoms with Gasteiger partial charge in [0.2, 0.25) is 5.89 Å². The van der Waals surface area contributed by atoms with E-state index in [9.17, 15) is 4.79 Å². The van der Waals surface area contributed by atoms with E-state index in [1.807, 2.05) is 25.6 Å². The maximum Gasteiger partial charge on any atom is 0.315 e. The highest BCUT2D eigenvalue weighted by atomic mass is 32.2. The SMILES string of the molecule is CCS[C@H]1CCC[C@H](NC(=O)NCc2nc(C)c(C)o2)C1. The minimum Gasteiger partial charge on any atom is -0.444 e. The molecule has 118 valence electrons. The topological polar surface area (TPSA) is 67.2 Å². The van der Waals surface area contributed by atoms with E-state index < -0.39 is 0 Å². The van der Waals surface area contributed by atoms with Crippen LogP contribution in [0, 0.1) is 13.8 Å². The maximum atomic E-state index is 11.9. The molecule has 5 nitrogen and oxygen atoms in total. The number of aromatic nitrogens is 1. The third-order valence-corrected chi connectivity index (χ3v) is 5.07. The van der Waals surface area contributed by atoms with Crippen molar-refractivity contribution >= 4 is 17.8 Å². The fourth-order valence-electron chi connectivity index (χ4n) is 2.67. The average molecular weight is 311 g/mol. The molecule has 2 atom stereocenters. The fraction of sp³-hybridized carbons (Fsp3) is 0.733. The lowest BCUT2D eigenvalue weighted by Crippen LogP contribution is -2.44. The van der Waals surface area contributed by atoms with E-state index in [4.69, 9.17) is 4.42 Å². The van der Waals surface area contributed by atoms with Crippen molar-refractivity contribution in [1.82, 2.24) is 15.6 Å². The van der Waals surface area contributed by atoms with Crippen molar-refractivity contribution in [2.45, 2.75) is 64.3 Å². The molecule has 1 aliphatic carbocycles. The Kier molecular flexibility index (Phi) is 5.96. The van der Waals surface area contributed by atoms with E-state index >= 15 is 0 Å². The van der Waals surface area contributed by atoms with Crippen molar-refractivity contribution in [3.63, 3.8) is 0 Å². The van der Waals surface area contributed by atoms with E-state index in [0.29, 0.717) is 17.7 Å². The summed E-state index contributed by atoms with van der Waals surface area (Å²) in [7, 11) is 0. The van der Waals surface area contributed by atoms with Crippen LogP contribution in [0.1, 0.15) is 50.0 Å². The summed E-state index contributed by atoms with van der Waals surface area (Å²) in [5.41, 5.74) is 0.874. The van der Waals surface area contributed by atoms with Crippen LogP contribution in [0.4, 0.5) is 4.79 Å². The van der Waals surface area contributed by atoms with Crippen LogP contribution in [0.5, 0.6) is 0 Å². The monoisotopic (exact) mass is 311 g/mol. The van der Waals surface area contributed by atoms with E-state index in [1.54, 1.807) is 0 Å². The summed E-state index contributed by atoms with van der Waals surface area (Å²) >= 11 is 2.00. The summed E-state index contributed by atoms with van der Waals surface area (Å²) in [5, 5.41) is 6.57. The van der Waals surface area contributed by atoms with E-state index in [-0.39, 0.29) is 12.1 Å². The Balaban J connectivity index is 1.73. The van der Waals surface area contributed by atoms with Gasteiger partial charge in [-0.2, -0.15) is 11.8 Å². The van der Waals surface area contributed by atoms with Gasteiger partial charge in [0, 0.05) is 11.3 Å². The average Bonchev–Trinajstić information content (AvgIpc) is 2.76. The zero-order valence-electron chi connectivity index (χ0n) is 13.1. The summed E-state index contributed by atoms with van der Waals surface area (Å²) in [6, 6.07) is 0.159. The molecule has 0 spiro atoms. The molecule has 0 saturated heterocycles. The Labute approximate surface area is 130 Å². The van der Waals surface area contributed by atoms with Crippen LogP contribution < -0.4 is 10.6 Å². The number of nitrogens with zero attached hydrogens (tertiary/aromatic N) is 1. The Morgan fingerprint density at radius 2 is 2.24 bits per heavy atom. The van der Waals surface area contributed by atoms with E-state index in [2.05, 4.69) is 22.5 Å². The summed E-state index contributed by atoms with van der Waals surface area (Å²) < 4.78 is 5.45. The van der Waals surface area contributed by atoms with Gasteiger partial charge in [-0.3, -0.25) is 0 Å². The number of carbonyl (C=O) groups is 1. The van der Waals surface area contributed by atoms with Gasteiger partial charge < -0.3 is 15.1 Å². The van der Waals surface area contributed by atoms with Crippen LogP contribution in [-0.4, -0.2) is 28.1 Å². The first-order valence-electron chi connectivity index (χ1n) is 7.67. The third kappa shape index (κ3) is 4.95. The number of aryl methyl sites for hydroxylation is 2. The van der Waals surface area contributed by atoms with Crippen LogP contribution >= 0.6 is 11.8 Å². The first-order valence-corrected chi connectivity index (χ1v) is 8.72. The van der Waals surface area contributed by atoms with Gasteiger partial charge in [0.25, 0.3) is 0 Å². The van der Waals surface area contributed by atoms with Crippen LogP contribution in [0.3, 0.4) is 0 Å². The molecule has 6 heteroatoms. The molecule has 0 radical (unpaired) electrons. The highest BCUT2D eigenvalue weighted by Crippen LogP contribution is 2.28. The Bertz CT molecular complexity index is 454. The molecule has 1 heterocycles. The number of oxazole rings is 1. The molecule has 0 bridgehead atoms. The molecule has 1 fully saturated rings. The highest BCUT2D eigenvalue weighted by Gasteiger charge is 2.23. The van der Waals surface area contributed by atoms with Crippen molar-refractivity contribution in [3.8, 4) is 0 Å². The lowest BCUT2D eigenvalue weighted by Gasteiger charge is -2.29. The van der Waals surface area contributed by atoms with Gasteiger partial charge >= 0.3 is 6.03 Å². The maximum absolute atomic E-state index is 11.9. The van der Waals surface area contributed by atoms with Gasteiger partial charge in [0.15, 0.2) is 0 Å². The zero-order chi connectivity index (χ0) is 15.2. The molecule has 1 aliphatic rings. The number of amides is 2. The quantitative estimate of drug-likeness (QED) is 0.876. The van der Waals surface area contributed by atoms with Crippen LogP contribution in [-0.2, 0) is 6.54 Å². The van der Waals surface area contributed by atoms with E-state index in [1.165, 1.54) is 12.8 Å². The van der Waals surface area contributed by atoms with Crippen molar-refractivity contribution in [1.29, 1.82) is 0 Å². The molecule has 0 unspecified atom stereocenters. The fourth-order valence-corrected chi connectivity index (χ4v) is 3.84. The predicted octanol–water partition coefficient (Wildman–Crippen LogP) is 3.15. The van der Waals surface area contributed by atoms with Crippen molar-refractivity contribution < 1.29 is 9.21 Å². The van der Waals surface area contributed by atoms with Gasteiger partial charge in [-0.1, -0.05) is 13.3 Å². The van der Waals surface area contributed by atoms with Crippen LogP contribution in [0.25, 0.3) is 0 Å². The molecule has 21 heavy (non-hydrogen) atoms. The molecule has 1 aromatic rings. The summed E-state index contributed by atoms with van der Waals surface area (Å²) in [5.74, 6) is 2.51. The van der Waals surface area contributed by atoms with Gasteiger partial charge in [-0.15, -0.1) is 0 Å². The number of carbonyl (C=O) groups excluding carboxylic acids is 1. The van der Waals surface area contributed by atoms with Crippen molar-refractivity contribution in [2.24, 2.45) is 0 Å². The Morgan fingerprint density at radius 3 is 2.90 bits per heavy atom. The van der Waals surface area contributed by atoms with Crippen molar-refractivity contribution in [2.75, 3.05) is 5.75 Å². The van der Waals surface area contributed by atoms with Gasteiger partial charge in [0.1, 0.15) is 5.76 Å².